The third-order valence-electron chi connectivity index (χ3n) is 4.65. The topological polar surface area (TPSA) is 111 Å². The van der Waals surface area contributed by atoms with E-state index in [1.807, 2.05) is 0 Å². The quantitative estimate of drug-likeness (QED) is 0.239. The third-order valence-corrected chi connectivity index (χ3v) is 5.24. The molecule has 0 spiro atoms. The Labute approximate surface area is 204 Å². The smallest absolute Gasteiger partial charge is 0.338 e. The Bertz CT molecular complexity index is 1190. The molecule has 10 heteroatoms. The molecular weight excluding hydrogens is 508 g/mol. The molecule has 3 rings (SSSR count). The van der Waals surface area contributed by atoms with E-state index >= 15 is 0 Å². The highest BCUT2D eigenvalue weighted by Crippen LogP contribution is 2.37. The number of anilines is 1. The number of methoxy groups -OCH3 is 1. The number of hydrogen-bond acceptors (Lipinski definition) is 7. The van der Waals surface area contributed by atoms with Crippen molar-refractivity contribution in [2.75, 3.05) is 25.2 Å². The van der Waals surface area contributed by atoms with E-state index in [0.717, 1.165) is 4.90 Å². The van der Waals surface area contributed by atoms with Gasteiger partial charge in [-0.05, 0) is 70.9 Å². The third kappa shape index (κ3) is 5.18. The van der Waals surface area contributed by atoms with Gasteiger partial charge in [-0.2, -0.15) is 0 Å². The fourth-order valence-corrected chi connectivity index (χ4v) is 3.70. The first-order chi connectivity index (χ1) is 16.3. The lowest BCUT2D eigenvalue weighted by Gasteiger charge is -2.26. The fraction of sp³-hybridized carbons (Fsp3) is 0.167. The van der Waals surface area contributed by atoms with Crippen molar-refractivity contribution in [3.8, 4) is 11.5 Å². The van der Waals surface area contributed by atoms with Gasteiger partial charge in [0, 0.05) is 0 Å². The number of halogens is 1. The second kappa shape index (κ2) is 10.8. The maximum absolute atomic E-state index is 13.1. The SMILES string of the molecule is C=CCOc1c(Br)cc(/C=C2\C(=O)NC(=O)N(c3ccc(C(=O)OCC)cc3)C2=O)cc1OC. The number of esters is 1. The number of urea groups is 1. The van der Waals surface area contributed by atoms with Crippen LogP contribution >= 0.6 is 15.9 Å². The van der Waals surface area contributed by atoms with Gasteiger partial charge in [0.2, 0.25) is 0 Å². The van der Waals surface area contributed by atoms with Crippen molar-refractivity contribution in [1.82, 2.24) is 5.32 Å². The van der Waals surface area contributed by atoms with Crippen LogP contribution in [0.1, 0.15) is 22.8 Å². The lowest BCUT2D eigenvalue weighted by atomic mass is 10.1. The molecule has 176 valence electrons. The summed E-state index contributed by atoms with van der Waals surface area (Å²) in [6.45, 7) is 5.76. The van der Waals surface area contributed by atoms with Crippen molar-refractivity contribution >= 4 is 51.5 Å². The highest BCUT2D eigenvalue weighted by atomic mass is 79.9. The molecule has 0 aliphatic carbocycles. The van der Waals surface area contributed by atoms with Crippen LogP contribution < -0.4 is 19.7 Å². The van der Waals surface area contributed by atoms with Crippen molar-refractivity contribution < 1.29 is 33.4 Å². The van der Waals surface area contributed by atoms with Crippen LogP contribution in [0, 0.1) is 0 Å². The minimum Gasteiger partial charge on any atom is -0.493 e. The first-order valence-corrected chi connectivity index (χ1v) is 10.9. The zero-order chi connectivity index (χ0) is 24.8. The van der Waals surface area contributed by atoms with Crippen LogP contribution in [0.5, 0.6) is 11.5 Å². The van der Waals surface area contributed by atoms with E-state index in [1.165, 1.54) is 37.5 Å². The Balaban J connectivity index is 1.95. The summed E-state index contributed by atoms with van der Waals surface area (Å²) in [7, 11) is 1.46. The van der Waals surface area contributed by atoms with Crippen molar-refractivity contribution in [3.05, 3.63) is 70.2 Å². The summed E-state index contributed by atoms with van der Waals surface area (Å²) >= 11 is 3.40. The molecule has 1 aliphatic heterocycles. The molecule has 0 saturated carbocycles. The van der Waals surface area contributed by atoms with E-state index in [1.54, 1.807) is 25.1 Å². The van der Waals surface area contributed by atoms with Crippen LogP contribution in [0.25, 0.3) is 6.08 Å². The largest absolute Gasteiger partial charge is 0.493 e. The molecule has 1 heterocycles. The Morgan fingerprint density at radius 1 is 1.18 bits per heavy atom. The zero-order valence-corrected chi connectivity index (χ0v) is 20.0. The summed E-state index contributed by atoms with van der Waals surface area (Å²) in [5.74, 6) is -1.38. The second-order valence-corrected chi connectivity index (χ2v) is 7.71. The monoisotopic (exact) mass is 528 g/mol. The molecule has 9 nitrogen and oxygen atoms in total. The van der Waals surface area contributed by atoms with Gasteiger partial charge in [0.25, 0.3) is 11.8 Å². The zero-order valence-electron chi connectivity index (χ0n) is 18.4. The maximum Gasteiger partial charge on any atom is 0.338 e. The molecule has 0 bridgehead atoms. The highest BCUT2D eigenvalue weighted by molar-refractivity contribution is 9.10. The molecule has 2 aromatic rings. The molecular formula is C24H21BrN2O7. The summed E-state index contributed by atoms with van der Waals surface area (Å²) < 4.78 is 16.4. The number of hydrogen-bond donors (Lipinski definition) is 1. The summed E-state index contributed by atoms with van der Waals surface area (Å²) in [6.07, 6.45) is 2.92. The average Bonchev–Trinajstić information content (AvgIpc) is 2.81. The van der Waals surface area contributed by atoms with Crippen molar-refractivity contribution in [2.45, 2.75) is 6.92 Å². The number of rotatable bonds is 8. The lowest BCUT2D eigenvalue weighted by molar-refractivity contribution is -0.122. The number of ether oxygens (including phenoxy) is 3. The number of amides is 4. The number of nitrogens with one attached hydrogen (secondary N) is 1. The molecule has 0 unspecified atom stereocenters. The minimum absolute atomic E-state index is 0.181. The average molecular weight is 529 g/mol. The highest BCUT2D eigenvalue weighted by Gasteiger charge is 2.37. The van der Waals surface area contributed by atoms with E-state index < -0.39 is 23.8 Å². The van der Waals surface area contributed by atoms with Crippen LogP contribution in [-0.2, 0) is 14.3 Å². The summed E-state index contributed by atoms with van der Waals surface area (Å²) in [6, 6.07) is 8.03. The van der Waals surface area contributed by atoms with Gasteiger partial charge in [0.15, 0.2) is 11.5 Å². The van der Waals surface area contributed by atoms with Gasteiger partial charge in [-0.1, -0.05) is 12.7 Å². The summed E-state index contributed by atoms with van der Waals surface area (Å²) in [4.78, 5) is 50.7. The normalized spacial score (nSPS) is 14.6. The molecule has 4 amide bonds. The molecule has 0 aromatic heterocycles. The molecule has 1 N–H and O–H groups in total. The first kappa shape index (κ1) is 24.7. The number of nitrogens with zero attached hydrogens (tertiary/aromatic N) is 1. The fourth-order valence-electron chi connectivity index (χ4n) is 3.13. The second-order valence-electron chi connectivity index (χ2n) is 6.86. The van der Waals surface area contributed by atoms with E-state index in [9.17, 15) is 19.2 Å². The number of benzene rings is 2. The van der Waals surface area contributed by atoms with Gasteiger partial charge >= 0.3 is 12.0 Å². The Morgan fingerprint density at radius 3 is 2.50 bits per heavy atom. The minimum atomic E-state index is -0.900. The summed E-state index contributed by atoms with van der Waals surface area (Å²) in [5.41, 5.74) is 0.641. The van der Waals surface area contributed by atoms with Gasteiger partial charge in [0.05, 0.1) is 29.4 Å². The van der Waals surface area contributed by atoms with Crippen LogP contribution in [0.3, 0.4) is 0 Å². The Hall–Kier alpha value is -3.92. The number of imide groups is 2. The van der Waals surface area contributed by atoms with E-state index in [-0.39, 0.29) is 30.0 Å². The summed E-state index contributed by atoms with van der Waals surface area (Å²) in [5, 5.41) is 2.16. The first-order valence-electron chi connectivity index (χ1n) is 10.1. The van der Waals surface area contributed by atoms with Gasteiger partial charge in [-0.3, -0.25) is 14.9 Å². The van der Waals surface area contributed by atoms with Crippen molar-refractivity contribution in [2.24, 2.45) is 0 Å². The predicted octanol–water partition coefficient (Wildman–Crippen LogP) is 3.87. The lowest BCUT2D eigenvalue weighted by Crippen LogP contribution is -2.54. The molecule has 1 aliphatic rings. The van der Waals surface area contributed by atoms with E-state index in [4.69, 9.17) is 14.2 Å². The molecule has 2 aromatic carbocycles. The molecule has 1 saturated heterocycles. The van der Waals surface area contributed by atoms with Gasteiger partial charge < -0.3 is 14.2 Å². The predicted molar refractivity (Wildman–Crippen MR) is 128 cm³/mol. The van der Waals surface area contributed by atoms with Crippen LogP contribution in [0.4, 0.5) is 10.5 Å². The van der Waals surface area contributed by atoms with E-state index in [0.29, 0.717) is 21.5 Å². The number of carbonyl (C=O) groups excluding carboxylic acids is 4. The van der Waals surface area contributed by atoms with Crippen LogP contribution in [0.15, 0.2) is 59.1 Å². The molecule has 0 radical (unpaired) electrons. The van der Waals surface area contributed by atoms with Crippen LogP contribution in [-0.4, -0.2) is 44.1 Å². The Kier molecular flexibility index (Phi) is 7.85. The van der Waals surface area contributed by atoms with Crippen LogP contribution in [0.2, 0.25) is 0 Å². The van der Waals surface area contributed by atoms with Gasteiger partial charge in [0.1, 0.15) is 12.2 Å². The molecule has 1 fully saturated rings. The van der Waals surface area contributed by atoms with Gasteiger partial charge in [-0.15, -0.1) is 0 Å². The maximum atomic E-state index is 13.1. The number of carbonyl (C=O) groups is 4. The Morgan fingerprint density at radius 2 is 1.88 bits per heavy atom. The van der Waals surface area contributed by atoms with Crippen molar-refractivity contribution in [3.63, 3.8) is 0 Å². The van der Waals surface area contributed by atoms with Crippen molar-refractivity contribution in [1.29, 1.82) is 0 Å². The number of barbiturate groups is 1. The molecule has 0 atom stereocenters. The van der Waals surface area contributed by atoms with E-state index in [2.05, 4.69) is 27.8 Å². The molecule has 34 heavy (non-hydrogen) atoms. The standard InChI is InChI=1S/C24H21BrN2O7/c1-4-10-34-20-18(25)12-14(13-19(20)32-3)11-17-21(28)26-24(31)27(22(17)29)16-8-6-15(7-9-16)23(30)33-5-2/h4,6-9,11-13H,1,5,10H2,2-3H3,(H,26,28,31)/b17-11+. The van der Waals surface area contributed by atoms with Gasteiger partial charge in [-0.25, -0.2) is 14.5 Å².